The van der Waals surface area contributed by atoms with Crippen molar-refractivity contribution in [2.75, 3.05) is 20.0 Å². The minimum atomic E-state index is -0.228. The fourth-order valence-electron chi connectivity index (χ4n) is 2.18. The molecule has 0 amide bonds. The maximum Gasteiger partial charge on any atom is 0.217 e. The number of nitrogens with two attached hydrogens (primary N) is 1. The van der Waals surface area contributed by atoms with Gasteiger partial charge in [-0.15, -0.1) is 0 Å². The van der Waals surface area contributed by atoms with Crippen molar-refractivity contribution in [1.29, 1.82) is 0 Å². The van der Waals surface area contributed by atoms with Gasteiger partial charge < -0.3 is 15.2 Å². The van der Waals surface area contributed by atoms with Crippen LogP contribution in [0.2, 0.25) is 0 Å². The molecule has 0 radical (unpaired) electrons. The van der Waals surface area contributed by atoms with Gasteiger partial charge in [-0.25, -0.2) is 0 Å². The first kappa shape index (κ1) is 14.9. The van der Waals surface area contributed by atoms with Crippen LogP contribution in [-0.4, -0.2) is 29.8 Å². The van der Waals surface area contributed by atoms with E-state index in [1.165, 1.54) is 14.2 Å². The van der Waals surface area contributed by atoms with Gasteiger partial charge in [0.15, 0.2) is 11.4 Å². The first-order chi connectivity index (χ1) is 10.1. The third-order valence-corrected chi connectivity index (χ3v) is 3.21. The van der Waals surface area contributed by atoms with Gasteiger partial charge in [-0.1, -0.05) is 13.0 Å². The zero-order chi connectivity index (χ0) is 15.4. The van der Waals surface area contributed by atoms with Gasteiger partial charge in [0.25, 0.3) is 0 Å². The first-order valence-corrected chi connectivity index (χ1v) is 6.71. The van der Waals surface area contributed by atoms with Crippen molar-refractivity contribution in [3.05, 3.63) is 35.7 Å². The smallest absolute Gasteiger partial charge is 0.217 e. The second kappa shape index (κ2) is 6.30. The Morgan fingerprint density at radius 2 is 2.00 bits per heavy atom. The van der Waals surface area contributed by atoms with E-state index in [0.717, 1.165) is 6.42 Å². The van der Waals surface area contributed by atoms with Gasteiger partial charge in [-0.2, -0.15) is 5.10 Å². The molecule has 2 rings (SSSR count). The summed E-state index contributed by atoms with van der Waals surface area (Å²) in [5.41, 5.74) is 7.10. The van der Waals surface area contributed by atoms with Gasteiger partial charge in [-0.05, 0) is 18.6 Å². The van der Waals surface area contributed by atoms with Gasteiger partial charge in [0, 0.05) is 6.54 Å². The number of para-hydroxylation sites is 1. The van der Waals surface area contributed by atoms with E-state index in [0.29, 0.717) is 35.0 Å². The Labute approximate surface area is 123 Å². The minimum absolute atomic E-state index is 0.228. The Morgan fingerprint density at radius 3 is 2.62 bits per heavy atom. The number of ether oxygens (including phenoxy) is 2. The predicted octanol–water partition coefficient (Wildman–Crippen LogP) is 2.12. The Morgan fingerprint density at radius 1 is 1.29 bits per heavy atom. The summed E-state index contributed by atoms with van der Waals surface area (Å²) in [4.78, 5) is 12.8. The monoisotopic (exact) mass is 289 g/mol. The highest BCUT2D eigenvalue weighted by Crippen LogP contribution is 2.29. The van der Waals surface area contributed by atoms with Gasteiger partial charge in [0.1, 0.15) is 5.75 Å². The molecule has 0 aliphatic rings. The van der Waals surface area contributed by atoms with Crippen LogP contribution < -0.4 is 15.2 Å². The van der Waals surface area contributed by atoms with Crippen molar-refractivity contribution in [2.45, 2.75) is 19.9 Å². The van der Waals surface area contributed by atoms with Gasteiger partial charge >= 0.3 is 0 Å². The molecule has 1 aromatic carbocycles. The number of methoxy groups -OCH3 is 2. The number of hydrogen-bond acceptors (Lipinski definition) is 5. The standard InChI is InChI=1S/C15H19N3O3/c1-4-8-18-14(12(21-3)9-17-18)15(19)10-6-5-7-11(20-2)13(10)16/h5-7,9H,4,8,16H2,1-3H3. The zero-order valence-electron chi connectivity index (χ0n) is 12.4. The number of rotatable bonds is 6. The lowest BCUT2D eigenvalue weighted by Gasteiger charge is -2.11. The average Bonchev–Trinajstić information content (AvgIpc) is 2.90. The van der Waals surface area contributed by atoms with Crippen LogP contribution in [0.4, 0.5) is 5.69 Å². The Balaban J connectivity index is 2.52. The first-order valence-electron chi connectivity index (χ1n) is 6.71. The van der Waals surface area contributed by atoms with Crippen LogP contribution in [0.3, 0.4) is 0 Å². The van der Waals surface area contributed by atoms with Gasteiger partial charge in [0.2, 0.25) is 5.78 Å². The molecule has 0 bridgehead atoms. The third-order valence-electron chi connectivity index (χ3n) is 3.21. The summed E-state index contributed by atoms with van der Waals surface area (Å²) in [5.74, 6) is 0.686. The summed E-state index contributed by atoms with van der Waals surface area (Å²) >= 11 is 0. The second-order valence-corrected chi connectivity index (χ2v) is 4.54. The summed E-state index contributed by atoms with van der Waals surface area (Å²) in [6.07, 6.45) is 2.40. The molecule has 2 aromatic rings. The highest BCUT2D eigenvalue weighted by atomic mass is 16.5. The highest BCUT2D eigenvalue weighted by molar-refractivity contribution is 6.13. The maximum atomic E-state index is 12.8. The summed E-state index contributed by atoms with van der Waals surface area (Å²) in [5, 5.41) is 4.19. The molecule has 6 heteroatoms. The third kappa shape index (κ3) is 2.69. The Kier molecular flexibility index (Phi) is 4.47. The van der Waals surface area contributed by atoms with Crippen molar-refractivity contribution in [3.8, 4) is 11.5 Å². The van der Waals surface area contributed by atoms with Crippen LogP contribution in [0.5, 0.6) is 11.5 Å². The van der Waals surface area contributed by atoms with E-state index in [2.05, 4.69) is 5.10 Å². The van der Waals surface area contributed by atoms with E-state index < -0.39 is 0 Å². The molecule has 0 aliphatic heterocycles. The molecule has 0 unspecified atom stereocenters. The molecule has 2 N–H and O–H groups in total. The van der Waals surface area contributed by atoms with Gasteiger partial charge in [-0.3, -0.25) is 9.48 Å². The number of carbonyl (C=O) groups excluding carboxylic acids is 1. The lowest BCUT2D eigenvalue weighted by molar-refractivity contribution is 0.102. The number of carbonyl (C=O) groups is 1. The number of aromatic nitrogens is 2. The molecular weight excluding hydrogens is 270 g/mol. The molecular formula is C15H19N3O3. The average molecular weight is 289 g/mol. The molecule has 0 saturated carbocycles. The molecule has 0 fully saturated rings. The van der Waals surface area contributed by atoms with E-state index in [1.54, 1.807) is 29.1 Å². The minimum Gasteiger partial charge on any atom is -0.495 e. The van der Waals surface area contributed by atoms with Gasteiger partial charge in [0.05, 0.1) is 31.7 Å². The van der Waals surface area contributed by atoms with Crippen LogP contribution in [-0.2, 0) is 6.54 Å². The molecule has 1 aromatic heterocycles. The lowest BCUT2D eigenvalue weighted by Crippen LogP contribution is -2.14. The molecule has 0 atom stereocenters. The van der Waals surface area contributed by atoms with E-state index >= 15 is 0 Å². The summed E-state index contributed by atoms with van der Waals surface area (Å²) in [7, 11) is 3.03. The topological polar surface area (TPSA) is 79.4 Å². The van der Waals surface area contributed by atoms with Crippen LogP contribution in [0.25, 0.3) is 0 Å². The number of benzene rings is 1. The molecule has 21 heavy (non-hydrogen) atoms. The Hall–Kier alpha value is -2.50. The molecule has 112 valence electrons. The molecule has 0 saturated heterocycles. The summed E-state index contributed by atoms with van der Waals surface area (Å²) in [6, 6.07) is 5.12. The fourth-order valence-corrected chi connectivity index (χ4v) is 2.18. The SMILES string of the molecule is CCCn1ncc(OC)c1C(=O)c1cccc(OC)c1N. The zero-order valence-corrected chi connectivity index (χ0v) is 12.4. The Bertz CT molecular complexity index is 650. The number of nitrogens with zero attached hydrogens (tertiary/aromatic N) is 2. The number of hydrogen-bond donors (Lipinski definition) is 1. The van der Waals surface area contributed by atoms with Crippen molar-refractivity contribution in [3.63, 3.8) is 0 Å². The maximum absolute atomic E-state index is 12.8. The number of anilines is 1. The predicted molar refractivity (Wildman–Crippen MR) is 79.9 cm³/mol. The van der Waals surface area contributed by atoms with E-state index in [1.807, 2.05) is 6.92 Å². The second-order valence-electron chi connectivity index (χ2n) is 4.54. The molecule has 0 spiro atoms. The van der Waals surface area contributed by atoms with Crippen LogP contribution in [0.15, 0.2) is 24.4 Å². The molecule has 1 heterocycles. The number of ketones is 1. The van der Waals surface area contributed by atoms with Crippen molar-refractivity contribution >= 4 is 11.5 Å². The van der Waals surface area contributed by atoms with Crippen molar-refractivity contribution in [1.82, 2.24) is 9.78 Å². The van der Waals surface area contributed by atoms with Crippen LogP contribution in [0.1, 0.15) is 29.4 Å². The van der Waals surface area contributed by atoms with Crippen molar-refractivity contribution < 1.29 is 14.3 Å². The lowest BCUT2D eigenvalue weighted by atomic mass is 10.0. The van der Waals surface area contributed by atoms with Crippen molar-refractivity contribution in [2.24, 2.45) is 0 Å². The molecule has 0 aliphatic carbocycles. The van der Waals surface area contributed by atoms with E-state index in [9.17, 15) is 4.79 Å². The number of nitrogen functional groups attached to an aromatic ring is 1. The van der Waals surface area contributed by atoms with E-state index in [-0.39, 0.29) is 5.78 Å². The molecule has 6 nitrogen and oxygen atoms in total. The summed E-state index contributed by atoms with van der Waals surface area (Å²) in [6.45, 7) is 2.65. The van der Waals surface area contributed by atoms with Crippen LogP contribution in [0, 0.1) is 0 Å². The fraction of sp³-hybridized carbons (Fsp3) is 0.333. The van der Waals surface area contributed by atoms with E-state index in [4.69, 9.17) is 15.2 Å². The quantitative estimate of drug-likeness (QED) is 0.651. The van der Waals surface area contributed by atoms with Crippen LogP contribution >= 0.6 is 0 Å². The number of aryl methyl sites for hydroxylation is 1. The summed E-state index contributed by atoms with van der Waals surface area (Å²) < 4.78 is 12.0. The largest absolute Gasteiger partial charge is 0.495 e. The normalized spacial score (nSPS) is 10.4. The highest BCUT2D eigenvalue weighted by Gasteiger charge is 2.23.